The lowest BCUT2D eigenvalue weighted by atomic mass is 10.2. The van der Waals surface area contributed by atoms with Crippen molar-refractivity contribution in [2.45, 2.75) is 19.8 Å². The van der Waals surface area contributed by atoms with Crippen LogP contribution < -0.4 is 4.74 Å². The van der Waals surface area contributed by atoms with E-state index in [0.717, 1.165) is 0 Å². The summed E-state index contributed by atoms with van der Waals surface area (Å²) >= 11 is 0. The van der Waals surface area contributed by atoms with Gasteiger partial charge < -0.3 is 9.64 Å². The summed E-state index contributed by atoms with van der Waals surface area (Å²) in [5, 5.41) is 0. The number of benzene rings is 1. The molecule has 0 fully saturated rings. The molecule has 1 aromatic carbocycles. The Morgan fingerprint density at radius 3 is 2.76 bits per heavy atom. The minimum Gasteiger partial charge on any atom is -0.490 e. The van der Waals surface area contributed by atoms with Gasteiger partial charge in [-0.2, -0.15) is 0 Å². The summed E-state index contributed by atoms with van der Waals surface area (Å²) in [4.78, 5) is 12.8. The van der Waals surface area contributed by atoms with E-state index in [1.807, 2.05) is 0 Å². The summed E-state index contributed by atoms with van der Waals surface area (Å²) in [5.41, 5.74) is 0.562. The van der Waals surface area contributed by atoms with E-state index in [2.05, 4.69) is 0 Å². The van der Waals surface area contributed by atoms with Gasteiger partial charge in [0.1, 0.15) is 0 Å². The Morgan fingerprint density at radius 2 is 2.12 bits per heavy atom. The molecule has 0 unspecified atom stereocenters. The molecule has 0 N–H and O–H groups in total. The Labute approximate surface area is 101 Å². The number of halogens is 1. The number of carbonyl (C=O) groups excluding carboxylic acids is 1. The van der Waals surface area contributed by atoms with Gasteiger partial charge in [0.2, 0.25) is 5.91 Å². The van der Waals surface area contributed by atoms with Gasteiger partial charge >= 0.3 is 0 Å². The van der Waals surface area contributed by atoms with Gasteiger partial charge in [-0.15, -0.1) is 0 Å². The molecule has 0 aliphatic rings. The summed E-state index contributed by atoms with van der Waals surface area (Å²) < 4.78 is 18.8. The number of nitrogens with zero attached hydrogens (tertiary/aromatic N) is 1. The Balaban J connectivity index is 2.36. The number of ether oxygens (including phenoxy) is 1. The zero-order valence-electron chi connectivity index (χ0n) is 10.5. The lowest BCUT2D eigenvalue weighted by Gasteiger charge is -2.11. The van der Waals surface area contributed by atoms with Crippen molar-refractivity contribution in [3.05, 3.63) is 29.6 Å². The highest BCUT2D eigenvalue weighted by Crippen LogP contribution is 2.19. The molecular formula is C13H18FNO2. The number of carbonyl (C=O) groups is 1. The van der Waals surface area contributed by atoms with Crippen LogP contribution in [0.5, 0.6) is 5.75 Å². The molecule has 1 aromatic rings. The maximum atomic E-state index is 13.5. The summed E-state index contributed by atoms with van der Waals surface area (Å²) in [6.45, 7) is 2.04. The van der Waals surface area contributed by atoms with E-state index in [9.17, 15) is 9.18 Å². The normalized spacial score (nSPS) is 10.1. The van der Waals surface area contributed by atoms with Gasteiger partial charge in [0.15, 0.2) is 11.6 Å². The molecule has 0 saturated carbocycles. The lowest BCUT2D eigenvalue weighted by molar-refractivity contribution is -0.128. The average molecular weight is 239 g/mol. The predicted octanol–water partition coefficient (Wildman–Crippen LogP) is 2.38. The second-order valence-corrected chi connectivity index (χ2v) is 4.13. The second kappa shape index (κ2) is 6.23. The smallest absolute Gasteiger partial charge is 0.222 e. The molecule has 0 aromatic heterocycles. The van der Waals surface area contributed by atoms with E-state index in [1.54, 1.807) is 39.2 Å². The largest absolute Gasteiger partial charge is 0.490 e. The number of rotatable bonds is 5. The van der Waals surface area contributed by atoms with Crippen molar-refractivity contribution < 1.29 is 13.9 Å². The monoisotopic (exact) mass is 239 g/mol. The third kappa shape index (κ3) is 4.06. The zero-order valence-corrected chi connectivity index (χ0v) is 10.5. The summed E-state index contributed by atoms with van der Waals surface area (Å²) in [5.74, 6) is -0.0212. The molecule has 0 heterocycles. The second-order valence-electron chi connectivity index (χ2n) is 4.13. The van der Waals surface area contributed by atoms with Gasteiger partial charge in [-0.1, -0.05) is 12.1 Å². The van der Waals surface area contributed by atoms with Gasteiger partial charge in [-0.25, -0.2) is 4.39 Å². The van der Waals surface area contributed by atoms with Crippen LogP contribution in [0.15, 0.2) is 18.2 Å². The molecule has 94 valence electrons. The van der Waals surface area contributed by atoms with E-state index in [4.69, 9.17) is 4.74 Å². The summed E-state index contributed by atoms with van der Waals surface area (Å²) in [7, 11) is 3.42. The van der Waals surface area contributed by atoms with Gasteiger partial charge in [-0.05, 0) is 25.0 Å². The van der Waals surface area contributed by atoms with Crippen LogP contribution in [0.3, 0.4) is 0 Å². The standard InChI is InChI=1S/C13H18FNO2/c1-10-6-4-7-11(13(10)14)17-9-5-8-12(16)15(2)3/h4,6-7H,5,8-9H2,1-3H3. The third-order valence-corrected chi connectivity index (χ3v) is 2.45. The molecule has 4 heteroatoms. The molecule has 0 spiro atoms. The van der Waals surface area contributed by atoms with E-state index in [0.29, 0.717) is 25.0 Å². The number of aryl methyl sites for hydroxylation is 1. The molecular weight excluding hydrogens is 221 g/mol. The first-order chi connectivity index (χ1) is 8.02. The van der Waals surface area contributed by atoms with Gasteiger partial charge in [0.25, 0.3) is 0 Å². The van der Waals surface area contributed by atoms with Crippen LogP contribution in [0.4, 0.5) is 4.39 Å². The molecule has 0 saturated heterocycles. The number of amides is 1. The fourth-order valence-electron chi connectivity index (χ4n) is 1.36. The molecule has 0 aliphatic heterocycles. The first kappa shape index (κ1) is 13.5. The van der Waals surface area contributed by atoms with Gasteiger partial charge in [0, 0.05) is 20.5 Å². The minimum atomic E-state index is -0.327. The molecule has 0 radical (unpaired) electrons. The van der Waals surface area contributed by atoms with Crippen molar-refractivity contribution in [2.24, 2.45) is 0 Å². The van der Waals surface area contributed by atoms with E-state index >= 15 is 0 Å². The van der Waals surface area contributed by atoms with E-state index in [1.165, 1.54) is 4.90 Å². The van der Waals surface area contributed by atoms with Gasteiger partial charge in [0.05, 0.1) is 6.61 Å². The topological polar surface area (TPSA) is 29.5 Å². The molecule has 1 amide bonds. The van der Waals surface area contributed by atoms with Crippen molar-refractivity contribution in [1.82, 2.24) is 4.90 Å². The maximum Gasteiger partial charge on any atom is 0.222 e. The van der Waals surface area contributed by atoms with Crippen molar-refractivity contribution in [2.75, 3.05) is 20.7 Å². The Bertz CT molecular complexity index is 391. The fourth-order valence-corrected chi connectivity index (χ4v) is 1.36. The molecule has 0 bridgehead atoms. The van der Waals surface area contributed by atoms with Crippen molar-refractivity contribution in [3.8, 4) is 5.75 Å². The average Bonchev–Trinajstić information content (AvgIpc) is 2.29. The highest BCUT2D eigenvalue weighted by atomic mass is 19.1. The van der Waals surface area contributed by atoms with E-state index < -0.39 is 0 Å². The first-order valence-corrected chi connectivity index (χ1v) is 5.60. The van der Waals surface area contributed by atoms with Crippen LogP contribution in [-0.4, -0.2) is 31.5 Å². The maximum absolute atomic E-state index is 13.5. The molecule has 1 rings (SSSR count). The fraction of sp³-hybridized carbons (Fsp3) is 0.462. The number of hydrogen-bond donors (Lipinski definition) is 0. The highest BCUT2D eigenvalue weighted by molar-refractivity contribution is 5.75. The predicted molar refractivity (Wildman–Crippen MR) is 64.6 cm³/mol. The van der Waals surface area contributed by atoms with Gasteiger partial charge in [-0.3, -0.25) is 4.79 Å². The van der Waals surface area contributed by atoms with Crippen LogP contribution in [0.1, 0.15) is 18.4 Å². The molecule has 0 aliphatic carbocycles. The van der Waals surface area contributed by atoms with Crippen LogP contribution >= 0.6 is 0 Å². The van der Waals surface area contributed by atoms with Crippen LogP contribution in [0.25, 0.3) is 0 Å². The number of hydrogen-bond acceptors (Lipinski definition) is 2. The Kier molecular flexibility index (Phi) is 4.94. The quantitative estimate of drug-likeness (QED) is 0.738. The Hall–Kier alpha value is -1.58. The first-order valence-electron chi connectivity index (χ1n) is 5.60. The van der Waals surface area contributed by atoms with E-state index in [-0.39, 0.29) is 17.5 Å². The van der Waals surface area contributed by atoms with Crippen molar-refractivity contribution >= 4 is 5.91 Å². The molecule has 3 nitrogen and oxygen atoms in total. The van der Waals surface area contributed by atoms with Crippen LogP contribution in [0, 0.1) is 12.7 Å². The van der Waals surface area contributed by atoms with Crippen molar-refractivity contribution in [3.63, 3.8) is 0 Å². The SMILES string of the molecule is Cc1cccc(OCCCC(=O)N(C)C)c1F. The summed E-state index contributed by atoms with van der Waals surface area (Å²) in [6, 6.07) is 5.03. The van der Waals surface area contributed by atoms with Crippen LogP contribution in [0.2, 0.25) is 0 Å². The lowest BCUT2D eigenvalue weighted by Crippen LogP contribution is -2.21. The zero-order chi connectivity index (χ0) is 12.8. The molecule has 17 heavy (non-hydrogen) atoms. The minimum absolute atomic E-state index is 0.0540. The van der Waals surface area contributed by atoms with Crippen LogP contribution in [-0.2, 0) is 4.79 Å². The van der Waals surface area contributed by atoms with Crippen molar-refractivity contribution in [1.29, 1.82) is 0 Å². The Morgan fingerprint density at radius 1 is 1.41 bits per heavy atom. The highest BCUT2D eigenvalue weighted by Gasteiger charge is 2.07. The summed E-state index contributed by atoms with van der Waals surface area (Å²) in [6.07, 6.45) is 1.00. The molecule has 0 atom stereocenters. The third-order valence-electron chi connectivity index (χ3n) is 2.45.